The van der Waals surface area contributed by atoms with Gasteiger partial charge in [0.05, 0.1) is 25.4 Å². The van der Waals surface area contributed by atoms with E-state index in [-0.39, 0.29) is 12.4 Å². The van der Waals surface area contributed by atoms with Crippen molar-refractivity contribution in [3.8, 4) is 6.01 Å². The van der Waals surface area contributed by atoms with Crippen LogP contribution < -0.4 is 10.1 Å². The van der Waals surface area contributed by atoms with Gasteiger partial charge in [-0.05, 0) is 43.7 Å². The van der Waals surface area contributed by atoms with Gasteiger partial charge in [-0.25, -0.2) is 15.0 Å². The molecular weight excluding hydrogens is 398 g/mol. The molecule has 10 heteroatoms. The summed E-state index contributed by atoms with van der Waals surface area (Å²) >= 11 is 0. The van der Waals surface area contributed by atoms with Crippen LogP contribution in [0.25, 0.3) is 0 Å². The number of aromatic nitrogens is 6. The second-order valence-electron chi connectivity index (χ2n) is 7.47. The molecule has 4 rings (SSSR count). The lowest BCUT2D eigenvalue weighted by molar-refractivity contribution is -0.137. The highest BCUT2D eigenvalue weighted by Gasteiger charge is 2.21. The van der Waals surface area contributed by atoms with E-state index >= 15 is 0 Å². The van der Waals surface area contributed by atoms with E-state index in [4.69, 9.17) is 9.72 Å². The van der Waals surface area contributed by atoms with Crippen molar-refractivity contribution < 1.29 is 14.6 Å². The van der Waals surface area contributed by atoms with Crippen LogP contribution in [0.1, 0.15) is 47.8 Å². The monoisotopic (exact) mass is 423 g/mol. The van der Waals surface area contributed by atoms with E-state index in [2.05, 4.69) is 37.6 Å². The van der Waals surface area contributed by atoms with Gasteiger partial charge in [0, 0.05) is 30.2 Å². The number of carbonyl (C=O) groups is 1. The molecular formula is C21H25N7O3. The molecule has 0 aromatic carbocycles. The molecule has 0 spiro atoms. The largest absolute Gasteiger partial charge is 0.481 e. The Bertz CT molecular complexity index is 1040. The molecule has 2 N–H and O–H groups in total. The fourth-order valence-electron chi connectivity index (χ4n) is 3.63. The normalized spacial score (nSPS) is 13.8. The van der Waals surface area contributed by atoms with Crippen molar-refractivity contribution >= 4 is 11.8 Å². The Morgan fingerprint density at radius 3 is 2.81 bits per heavy atom. The summed E-state index contributed by atoms with van der Waals surface area (Å²) in [4.78, 5) is 25.6. The average molecular weight is 423 g/mol. The van der Waals surface area contributed by atoms with Crippen LogP contribution in [0.2, 0.25) is 0 Å². The van der Waals surface area contributed by atoms with E-state index in [1.54, 1.807) is 6.20 Å². The topological polar surface area (TPSA) is 128 Å². The number of anilines is 1. The van der Waals surface area contributed by atoms with Crippen molar-refractivity contribution in [2.24, 2.45) is 0 Å². The summed E-state index contributed by atoms with van der Waals surface area (Å²) in [6.45, 7) is 0.975. The van der Waals surface area contributed by atoms with Crippen LogP contribution in [0.5, 0.6) is 6.01 Å². The number of methoxy groups -OCH3 is 1. The predicted molar refractivity (Wildman–Crippen MR) is 112 cm³/mol. The van der Waals surface area contributed by atoms with Gasteiger partial charge in [-0.3, -0.25) is 4.79 Å². The number of fused-ring (bicyclic) bond motifs is 1. The van der Waals surface area contributed by atoms with E-state index in [0.717, 1.165) is 55.9 Å². The molecule has 3 aromatic rings. The third-order valence-electron chi connectivity index (χ3n) is 5.24. The van der Waals surface area contributed by atoms with Crippen LogP contribution in [-0.2, 0) is 24.1 Å². The van der Waals surface area contributed by atoms with Gasteiger partial charge < -0.3 is 15.2 Å². The number of ether oxygens (including phenoxy) is 1. The first-order chi connectivity index (χ1) is 15.1. The second kappa shape index (κ2) is 9.50. The molecule has 1 aliphatic rings. The molecule has 1 aliphatic heterocycles. The molecule has 1 atom stereocenters. The molecule has 0 aliphatic carbocycles. The van der Waals surface area contributed by atoms with Crippen molar-refractivity contribution in [2.75, 3.05) is 19.0 Å². The summed E-state index contributed by atoms with van der Waals surface area (Å²) in [6, 6.07) is 3.88. The Hall–Kier alpha value is -3.56. The quantitative estimate of drug-likeness (QED) is 0.531. The van der Waals surface area contributed by atoms with Crippen LogP contribution in [0.4, 0.5) is 5.82 Å². The minimum absolute atomic E-state index is 0.171. The highest BCUT2D eigenvalue weighted by atomic mass is 16.5. The zero-order chi connectivity index (χ0) is 21.6. The van der Waals surface area contributed by atoms with Gasteiger partial charge in [-0.15, -0.1) is 0 Å². The first kappa shape index (κ1) is 20.7. The van der Waals surface area contributed by atoms with Crippen molar-refractivity contribution in [3.05, 3.63) is 53.2 Å². The number of aryl methyl sites for hydroxylation is 3. The first-order valence-electron chi connectivity index (χ1n) is 10.3. The summed E-state index contributed by atoms with van der Waals surface area (Å²) in [5, 5.41) is 21.5. The van der Waals surface area contributed by atoms with E-state index < -0.39 is 12.0 Å². The molecule has 0 saturated heterocycles. The third kappa shape index (κ3) is 5.14. The van der Waals surface area contributed by atoms with E-state index in [0.29, 0.717) is 5.56 Å². The maximum absolute atomic E-state index is 11.4. The number of rotatable bonds is 9. The highest BCUT2D eigenvalue weighted by Crippen LogP contribution is 2.22. The number of carboxylic acid groups (broad SMARTS) is 1. The van der Waals surface area contributed by atoms with E-state index in [9.17, 15) is 9.90 Å². The van der Waals surface area contributed by atoms with Gasteiger partial charge >= 0.3 is 12.0 Å². The van der Waals surface area contributed by atoms with Crippen LogP contribution >= 0.6 is 0 Å². The molecule has 0 radical (unpaired) electrons. The Kier molecular flexibility index (Phi) is 6.34. The number of nitrogens with one attached hydrogen (secondary N) is 1. The van der Waals surface area contributed by atoms with Gasteiger partial charge in [0.1, 0.15) is 11.9 Å². The molecule has 3 aromatic heterocycles. The molecule has 0 saturated carbocycles. The first-order valence-corrected chi connectivity index (χ1v) is 10.3. The summed E-state index contributed by atoms with van der Waals surface area (Å²) < 4.78 is 4.97. The number of hydrogen-bond acceptors (Lipinski definition) is 8. The minimum atomic E-state index is -0.952. The smallest absolute Gasteiger partial charge is 0.316 e. The number of hydrogen-bond donors (Lipinski definition) is 2. The van der Waals surface area contributed by atoms with Crippen LogP contribution in [0, 0.1) is 0 Å². The summed E-state index contributed by atoms with van der Waals surface area (Å²) in [6.07, 6.45) is 9.26. The summed E-state index contributed by atoms with van der Waals surface area (Å²) in [5.74, 6) is 0.0553. The van der Waals surface area contributed by atoms with Crippen molar-refractivity contribution in [1.29, 1.82) is 0 Å². The number of aliphatic carboxylic acids is 1. The van der Waals surface area contributed by atoms with Crippen LogP contribution in [0.3, 0.4) is 0 Å². The van der Waals surface area contributed by atoms with Crippen LogP contribution in [0.15, 0.2) is 30.7 Å². The molecule has 0 amide bonds. The molecule has 162 valence electrons. The van der Waals surface area contributed by atoms with Gasteiger partial charge in [0.15, 0.2) is 0 Å². The lowest BCUT2D eigenvalue weighted by Crippen LogP contribution is -2.18. The van der Waals surface area contributed by atoms with Gasteiger partial charge in [-0.1, -0.05) is 6.07 Å². The summed E-state index contributed by atoms with van der Waals surface area (Å²) in [5.41, 5.74) is 3.75. The standard InChI is InChI=1S/C21H25N7O3/c1-31-21-23-11-15(12-24-21)18(10-19(29)30)28-25-13-17(27-28)6-2-5-16-8-7-14-4-3-9-22-20(14)26-16/h7-8,11-13,18H,2-6,9-10H2,1H3,(H,22,26)(H,29,30). The van der Waals surface area contributed by atoms with Gasteiger partial charge in [-0.2, -0.15) is 15.0 Å². The third-order valence-corrected chi connectivity index (χ3v) is 5.24. The van der Waals surface area contributed by atoms with Crippen LogP contribution in [-0.4, -0.2) is 54.7 Å². The molecule has 10 nitrogen and oxygen atoms in total. The Labute approximate surface area is 179 Å². The lowest BCUT2D eigenvalue weighted by atomic mass is 10.1. The lowest BCUT2D eigenvalue weighted by Gasteiger charge is -2.17. The van der Waals surface area contributed by atoms with Crippen molar-refractivity contribution in [3.63, 3.8) is 0 Å². The number of carboxylic acids is 1. The van der Waals surface area contributed by atoms with Gasteiger partial charge in [0.2, 0.25) is 0 Å². The van der Waals surface area contributed by atoms with Gasteiger partial charge in [0.25, 0.3) is 0 Å². The molecule has 0 fully saturated rings. The predicted octanol–water partition coefficient (Wildman–Crippen LogP) is 2.07. The molecule has 1 unspecified atom stereocenters. The highest BCUT2D eigenvalue weighted by molar-refractivity contribution is 5.67. The number of nitrogens with zero attached hydrogens (tertiary/aromatic N) is 6. The Morgan fingerprint density at radius 2 is 2.03 bits per heavy atom. The van der Waals surface area contributed by atoms with Crippen molar-refractivity contribution in [1.82, 2.24) is 29.9 Å². The van der Waals surface area contributed by atoms with Crippen molar-refractivity contribution in [2.45, 2.75) is 44.6 Å². The maximum atomic E-state index is 11.4. The van der Waals surface area contributed by atoms with E-state index in [1.165, 1.54) is 29.9 Å². The molecule has 0 bridgehead atoms. The SMILES string of the molecule is COc1ncc(C(CC(=O)O)n2ncc(CCCc3ccc4c(n3)NCCC4)n2)cn1. The number of pyridine rings is 1. The average Bonchev–Trinajstić information content (AvgIpc) is 3.26. The Balaban J connectivity index is 1.40. The summed E-state index contributed by atoms with van der Waals surface area (Å²) in [7, 11) is 1.47. The van der Waals surface area contributed by atoms with E-state index in [1.807, 2.05) is 0 Å². The molecule has 31 heavy (non-hydrogen) atoms. The minimum Gasteiger partial charge on any atom is -0.481 e. The zero-order valence-electron chi connectivity index (χ0n) is 17.4. The molecule has 4 heterocycles. The fraction of sp³-hybridized carbons (Fsp3) is 0.429. The fourth-order valence-corrected chi connectivity index (χ4v) is 3.63. The zero-order valence-corrected chi connectivity index (χ0v) is 17.4. The Morgan fingerprint density at radius 1 is 1.23 bits per heavy atom. The maximum Gasteiger partial charge on any atom is 0.316 e. The second-order valence-corrected chi connectivity index (χ2v) is 7.47.